The van der Waals surface area contributed by atoms with Crippen LogP contribution in [0.3, 0.4) is 0 Å². The number of carboxylic acids is 1. The fourth-order valence-corrected chi connectivity index (χ4v) is 3.12. The van der Waals surface area contributed by atoms with Gasteiger partial charge in [-0.15, -0.1) is 0 Å². The summed E-state index contributed by atoms with van der Waals surface area (Å²) in [6.45, 7) is 2.55. The van der Waals surface area contributed by atoms with Crippen molar-refractivity contribution in [3.05, 3.63) is 33.8 Å². The van der Waals surface area contributed by atoms with Gasteiger partial charge >= 0.3 is 18.0 Å². The number of carbonyl (C=O) groups excluding carboxylic acids is 4. The maximum atomic E-state index is 12.6. The first-order valence-electron chi connectivity index (χ1n) is 9.48. The van der Waals surface area contributed by atoms with Crippen LogP contribution in [0.4, 0.5) is 4.79 Å². The Labute approximate surface area is 194 Å². The van der Waals surface area contributed by atoms with Crippen molar-refractivity contribution < 1.29 is 38.6 Å². The van der Waals surface area contributed by atoms with Gasteiger partial charge in [-0.3, -0.25) is 14.4 Å². The van der Waals surface area contributed by atoms with Crippen LogP contribution in [0.25, 0.3) is 0 Å². The number of carboxylic acid groups (broad SMARTS) is 1. The van der Waals surface area contributed by atoms with Crippen LogP contribution in [0, 0.1) is 5.92 Å². The molecule has 176 valence electrons. The topological polar surface area (TPSA) is 148 Å². The third-order valence-corrected chi connectivity index (χ3v) is 4.90. The Kier molecular flexibility index (Phi) is 10.9. The number of ether oxygens (including phenoxy) is 2. The first kappa shape index (κ1) is 27.2. The van der Waals surface area contributed by atoms with Gasteiger partial charge in [0.05, 0.1) is 28.8 Å². The Bertz CT molecular complexity index is 855. The molecule has 0 aliphatic carbocycles. The van der Waals surface area contributed by atoms with Gasteiger partial charge in [-0.2, -0.15) is 0 Å². The van der Waals surface area contributed by atoms with E-state index in [1.165, 1.54) is 18.2 Å². The molecule has 0 saturated carbocycles. The average molecular weight is 491 g/mol. The van der Waals surface area contributed by atoms with Crippen molar-refractivity contribution in [2.45, 2.75) is 38.8 Å². The molecule has 10 nitrogen and oxygen atoms in total. The summed E-state index contributed by atoms with van der Waals surface area (Å²) in [7, 11) is 1.13. The van der Waals surface area contributed by atoms with Gasteiger partial charge < -0.3 is 25.2 Å². The highest BCUT2D eigenvalue weighted by Gasteiger charge is 2.30. The zero-order valence-electron chi connectivity index (χ0n) is 17.6. The Balaban J connectivity index is 2.91. The SMILES string of the molecule is COC(=O)N[C@H](C(=O)N[C@@H](CCC(=O)O)C(=O)COC(=O)c1c(Cl)cccc1Cl)C(C)C. The first-order chi connectivity index (χ1) is 15.0. The van der Waals surface area contributed by atoms with Crippen molar-refractivity contribution in [2.24, 2.45) is 5.92 Å². The summed E-state index contributed by atoms with van der Waals surface area (Å²) in [6, 6.07) is 2.03. The molecule has 0 heterocycles. The maximum Gasteiger partial charge on any atom is 0.407 e. The number of hydrogen-bond acceptors (Lipinski definition) is 7. The van der Waals surface area contributed by atoms with E-state index < -0.39 is 54.8 Å². The number of carbonyl (C=O) groups is 5. The van der Waals surface area contributed by atoms with E-state index >= 15 is 0 Å². The predicted octanol–water partition coefficient (Wildman–Crippen LogP) is 2.45. The number of Topliss-reactive ketones (excluding diaryl/α,β-unsaturated/α-hetero) is 1. The van der Waals surface area contributed by atoms with Crippen LogP contribution >= 0.6 is 23.2 Å². The molecule has 0 bridgehead atoms. The Hall–Kier alpha value is -2.85. The third-order valence-electron chi connectivity index (χ3n) is 4.27. The minimum absolute atomic E-state index is 0.0272. The summed E-state index contributed by atoms with van der Waals surface area (Å²) < 4.78 is 9.45. The third kappa shape index (κ3) is 8.35. The fourth-order valence-electron chi connectivity index (χ4n) is 2.57. The molecule has 0 spiro atoms. The minimum atomic E-state index is -1.28. The molecule has 2 atom stereocenters. The number of alkyl carbamates (subject to hydrolysis) is 1. The van der Waals surface area contributed by atoms with Gasteiger partial charge in [0.2, 0.25) is 5.91 Å². The van der Waals surface area contributed by atoms with Crippen molar-refractivity contribution in [3.63, 3.8) is 0 Å². The largest absolute Gasteiger partial charge is 0.481 e. The van der Waals surface area contributed by atoms with Crippen molar-refractivity contribution in [1.29, 1.82) is 0 Å². The summed E-state index contributed by atoms with van der Waals surface area (Å²) in [4.78, 5) is 59.9. The van der Waals surface area contributed by atoms with Crippen molar-refractivity contribution >= 4 is 52.9 Å². The molecule has 0 aliphatic heterocycles. The lowest BCUT2D eigenvalue weighted by Crippen LogP contribution is -2.54. The standard InChI is InChI=1S/C20H24Cl2N2O8/c1-10(2)17(24-20(30)31-3)18(28)23-13(7-8-15(26)27)14(25)9-32-19(29)16-11(21)5-4-6-12(16)22/h4-6,10,13,17H,7-9H2,1-3H3,(H,23,28)(H,24,30)(H,26,27)/t13-,17-/m0/s1. The van der Waals surface area contributed by atoms with Crippen LogP contribution in [0.2, 0.25) is 10.0 Å². The van der Waals surface area contributed by atoms with E-state index in [1.54, 1.807) is 13.8 Å². The molecule has 1 aromatic rings. The van der Waals surface area contributed by atoms with Crippen molar-refractivity contribution in [2.75, 3.05) is 13.7 Å². The number of aliphatic carboxylic acids is 1. The summed E-state index contributed by atoms with van der Waals surface area (Å²) >= 11 is 11.9. The second-order valence-electron chi connectivity index (χ2n) is 6.99. The summed E-state index contributed by atoms with van der Waals surface area (Å²) in [6.07, 6.45) is -1.54. The van der Waals surface area contributed by atoms with Gasteiger partial charge in [0.1, 0.15) is 6.04 Å². The highest BCUT2D eigenvalue weighted by Crippen LogP contribution is 2.25. The normalized spacial score (nSPS) is 12.4. The lowest BCUT2D eigenvalue weighted by atomic mass is 10.0. The molecule has 12 heteroatoms. The highest BCUT2D eigenvalue weighted by molar-refractivity contribution is 6.39. The first-order valence-corrected chi connectivity index (χ1v) is 10.2. The van der Waals surface area contributed by atoms with Gasteiger partial charge in [0, 0.05) is 6.42 Å². The van der Waals surface area contributed by atoms with E-state index in [0.717, 1.165) is 7.11 Å². The van der Waals surface area contributed by atoms with Gasteiger partial charge in [-0.1, -0.05) is 43.1 Å². The quantitative estimate of drug-likeness (QED) is 0.400. The molecular weight excluding hydrogens is 467 g/mol. The molecule has 3 N–H and O–H groups in total. The van der Waals surface area contributed by atoms with Crippen LogP contribution in [-0.4, -0.2) is 60.6 Å². The molecule has 0 aliphatic rings. The van der Waals surface area contributed by atoms with Crippen LogP contribution in [0.1, 0.15) is 37.0 Å². The van der Waals surface area contributed by atoms with E-state index in [4.69, 9.17) is 33.0 Å². The highest BCUT2D eigenvalue weighted by atomic mass is 35.5. The number of amides is 2. The molecule has 1 aromatic carbocycles. The second-order valence-corrected chi connectivity index (χ2v) is 7.80. The Morgan fingerprint density at radius 1 is 1.06 bits per heavy atom. The summed E-state index contributed by atoms with van der Waals surface area (Å²) in [5, 5.41) is 13.7. The van der Waals surface area contributed by atoms with E-state index in [0.29, 0.717) is 0 Å². The number of halogens is 2. The van der Waals surface area contributed by atoms with Crippen LogP contribution in [-0.2, 0) is 23.9 Å². The van der Waals surface area contributed by atoms with Gasteiger partial charge in [-0.25, -0.2) is 9.59 Å². The van der Waals surface area contributed by atoms with E-state index in [9.17, 15) is 24.0 Å². The number of esters is 1. The molecule has 0 fully saturated rings. The van der Waals surface area contributed by atoms with Crippen molar-refractivity contribution in [3.8, 4) is 0 Å². The van der Waals surface area contributed by atoms with Crippen LogP contribution in [0.15, 0.2) is 18.2 Å². The van der Waals surface area contributed by atoms with Gasteiger partial charge in [-0.05, 0) is 24.5 Å². The summed E-state index contributed by atoms with van der Waals surface area (Å²) in [5.41, 5.74) is -0.128. The second kappa shape index (κ2) is 12.9. The van der Waals surface area contributed by atoms with Crippen LogP contribution < -0.4 is 10.6 Å². The molecule has 2 amide bonds. The monoisotopic (exact) mass is 490 g/mol. The number of methoxy groups -OCH3 is 1. The lowest BCUT2D eigenvalue weighted by Gasteiger charge is -2.24. The number of ketones is 1. The minimum Gasteiger partial charge on any atom is -0.481 e. The fraction of sp³-hybridized carbons (Fsp3) is 0.450. The van der Waals surface area contributed by atoms with Crippen LogP contribution in [0.5, 0.6) is 0 Å². The number of rotatable bonds is 11. The molecule has 0 radical (unpaired) electrons. The molecule has 0 aromatic heterocycles. The lowest BCUT2D eigenvalue weighted by molar-refractivity contribution is -0.138. The Morgan fingerprint density at radius 2 is 1.66 bits per heavy atom. The number of nitrogens with one attached hydrogen (secondary N) is 2. The van der Waals surface area contributed by atoms with E-state index in [2.05, 4.69) is 15.4 Å². The van der Waals surface area contributed by atoms with Gasteiger partial charge in [0.15, 0.2) is 12.4 Å². The molecule has 0 saturated heterocycles. The zero-order chi connectivity index (χ0) is 24.4. The number of benzene rings is 1. The van der Waals surface area contributed by atoms with Gasteiger partial charge in [0.25, 0.3) is 0 Å². The smallest absolute Gasteiger partial charge is 0.407 e. The Morgan fingerprint density at radius 3 is 2.16 bits per heavy atom. The predicted molar refractivity (Wildman–Crippen MR) is 115 cm³/mol. The maximum absolute atomic E-state index is 12.6. The van der Waals surface area contributed by atoms with Crippen molar-refractivity contribution in [1.82, 2.24) is 10.6 Å². The average Bonchev–Trinajstić information content (AvgIpc) is 2.72. The van der Waals surface area contributed by atoms with E-state index in [1.807, 2.05) is 0 Å². The number of hydrogen-bond donors (Lipinski definition) is 3. The molecule has 1 rings (SSSR count). The molecule has 0 unspecified atom stereocenters. The molecular formula is C20H24Cl2N2O8. The molecule has 32 heavy (non-hydrogen) atoms. The summed E-state index contributed by atoms with van der Waals surface area (Å²) in [5.74, 6) is -3.99. The van der Waals surface area contributed by atoms with E-state index in [-0.39, 0.29) is 27.9 Å². The zero-order valence-corrected chi connectivity index (χ0v) is 19.2.